The summed E-state index contributed by atoms with van der Waals surface area (Å²) in [6.07, 6.45) is 0.229. The minimum atomic E-state index is -0.823. The molecule has 25 heavy (non-hydrogen) atoms. The number of benzene rings is 2. The SMILES string of the molecule is CCOC(=O)CCC(=O)N[C@@H](Cc1ccc2ccccc2c1)C(N)=O. The van der Waals surface area contributed by atoms with E-state index in [4.69, 9.17) is 10.5 Å². The standard InChI is InChI=1S/C19H22N2O4/c1-2-25-18(23)10-9-17(22)21-16(19(20)24)12-13-7-8-14-5-3-4-6-15(14)11-13/h3-8,11,16H,2,9-10,12H2,1H3,(H2,20,24)(H,21,22)/t16-/m0/s1. The van der Waals surface area contributed by atoms with E-state index in [1.165, 1.54) is 0 Å². The van der Waals surface area contributed by atoms with E-state index in [1.54, 1.807) is 6.92 Å². The van der Waals surface area contributed by atoms with Crippen molar-refractivity contribution in [1.82, 2.24) is 5.32 Å². The van der Waals surface area contributed by atoms with E-state index in [0.717, 1.165) is 16.3 Å². The summed E-state index contributed by atoms with van der Waals surface area (Å²) in [5, 5.41) is 4.74. The van der Waals surface area contributed by atoms with Crippen LogP contribution in [0.25, 0.3) is 10.8 Å². The van der Waals surface area contributed by atoms with E-state index in [0.29, 0.717) is 6.42 Å². The number of nitrogens with one attached hydrogen (secondary N) is 1. The van der Waals surface area contributed by atoms with Crippen LogP contribution in [0.5, 0.6) is 0 Å². The zero-order valence-electron chi connectivity index (χ0n) is 14.2. The Morgan fingerprint density at radius 1 is 1.08 bits per heavy atom. The van der Waals surface area contributed by atoms with Gasteiger partial charge in [0.25, 0.3) is 0 Å². The smallest absolute Gasteiger partial charge is 0.306 e. The number of nitrogens with two attached hydrogens (primary N) is 1. The first-order chi connectivity index (χ1) is 12.0. The second-order valence-corrected chi connectivity index (χ2v) is 5.71. The van der Waals surface area contributed by atoms with Crippen LogP contribution >= 0.6 is 0 Å². The molecule has 0 aliphatic carbocycles. The molecule has 0 aliphatic heterocycles. The van der Waals surface area contributed by atoms with E-state index in [1.807, 2.05) is 42.5 Å². The molecule has 0 saturated heterocycles. The Balaban J connectivity index is 1.98. The molecule has 2 aromatic carbocycles. The van der Waals surface area contributed by atoms with Gasteiger partial charge in [-0.3, -0.25) is 14.4 Å². The lowest BCUT2D eigenvalue weighted by Crippen LogP contribution is -2.45. The highest BCUT2D eigenvalue weighted by molar-refractivity contribution is 5.88. The third-order valence-electron chi connectivity index (χ3n) is 3.79. The molecule has 6 nitrogen and oxygen atoms in total. The quantitative estimate of drug-likeness (QED) is 0.713. The summed E-state index contributed by atoms with van der Waals surface area (Å²) in [5.41, 5.74) is 6.30. The first-order valence-electron chi connectivity index (χ1n) is 8.21. The topological polar surface area (TPSA) is 98.5 Å². The van der Waals surface area contributed by atoms with Crippen molar-refractivity contribution in [2.75, 3.05) is 6.61 Å². The third-order valence-corrected chi connectivity index (χ3v) is 3.79. The van der Waals surface area contributed by atoms with Crippen molar-refractivity contribution in [1.29, 1.82) is 0 Å². The molecule has 2 aromatic rings. The fourth-order valence-electron chi connectivity index (χ4n) is 2.54. The van der Waals surface area contributed by atoms with Crippen LogP contribution in [0.15, 0.2) is 42.5 Å². The van der Waals surface area contributed by atoms with Gasteiger partial charge in [-0.05, 0) is 23.3 Å². The number of esters is 1. The maximum absolute atomic E-state index is 11.9. The van der Waals surface area contributed by atoms with E-state index in [9.17, 15) is 14.4 Å². The Morgan fingerprint density at radius 2 is 1.80 bits per heavy atom. The molecule has 0 unspecified atom stereocenters. The first kappa shape index (κ1) is 18.4. The summed E-state index contributed by atoms with van der Waals surface area (Å²) < 4.78 is 4.77. The molecule has 3 N–H and O–H groups in total. The highest BCUT2D eigenvalue weighted by Gasteiger charge is 2.19. The second-order valence-electron chi connectivity index (χ2n) is 5.71. The fourth-order valence-corrected chi connectivity index (χ4v) is 2.54. The number of primary amides is 1. The normalized spacial score (nSPS) is 11.7. The average Bonchev–Trinajstić information content (AvgIpc) is 2.59. The van der Waals surface area contributed by atoms with Gasteiger partial charge in [0.2, 0.25) is 11.8 Å². The van der Waals surface area contributed by atoms with Crippen LogP contribution in [0.1, 0.15) is 25.3 Å². The molecular formula is C19H22N2O4. The number of hydrogen-bond donors (Lipinski definition) is 2. The monoisotopic (exact) mass is 342 g/mol. The van der Waals surface area contributed by atoms with Gasteiger partial charge in [0.05, 0.1) is 13.0 Å². The van der Waals surface area contributed by atoms with Crippen LogP contribution in [0, 0.1) is 0 Å². The van der Waals surface area contributed by atoms with Crippen molar-refractivity contribution >= 4 is 28.6 Å². The summed E-state index contributed by atoms with van der Waals surface area (Å²) in [4.78, 5) is 34.9. The molecule has 2 rings (SSSR count). The van der Waals surface area contributed by atoms with Crippen molar-refractivity contribution in [2.24, 2.45) is 5.73 Å². The lowest BCUT2D eigenvalue weighted by molar-refractivity contribution is -0.144. The van der Waals surface area contributed by atoms with Crippen LogP contribution in [-0.2, 0) is 25.5 Å². The number of carbonyl (C=O) groups is 3. The number of ether oxygens (including phenoxy) is 1. The summed E-state index contributed by atoms with van der Waals surface area (Å²) in [6.45, 7) is 1.97. The molecule has 0 saturated carbocycles. The van der Waals surface area contributed by atoms with Crippen LogP contribution in [-0.4, -0.2) is 30.4 Å². The summed E-state index contributed by atoms with van der Waals surface area (Å²) in [5.74, 6) is -1.46. The van der Waals surface area contributed by atoms with Gasteiger partial charge in [0.15, 0.2) is 0 Å². The molecule has 1 atom stereocenters. The summed E-state index contributed by atoms with van der Waals surface area (Å²) in [6, 6.07) is 12.9. The van der Waals surface area contributed by atoms with Gasteiger partial charge in [0, 0.05) is 12.8 Å². The largest absolute Gasteiger partial charge is 0.466 e. The lowest BCUT2D eigenvalue weighted by Gasteiger charge is -2.16. The minimum absolute atomic E-state index is 0.0267. The predicted octanol–water partition coefficient (Wildman–Crippen LogP) is 1.70. The van der Waals surface area contributed by atoms with Crippen molar-refractivity contribution in [3.05, 3.63) is 48.0 Å². The molecule has 0 fully saturated rings. The van der Waals surface area contributed by atoms with Crippen molar-refractivity contribution in [3.63, 3.8) is 0 Å². The van der Waals surface area contributed by atoms with Gasteiger partial charge in [-0.1, -0.05) is 42.5 Å². The summed E-state index contributed by atoms with van der Waals surface area (Å²) >= 11 is 0. The number of amides is 2. The van der Waals surface area contributed by atoms with Crippen molar-refractivity contribution in [2.45, 2.75) is 32.2 Å². The highest BCUT2D eigenvalue weighted by atomic mass is 16.5. The first-order valence-corrected chi connectivity index (χ1v) is 8.21. The lowest BCUT2D eigenvalue weighted by atomic mass is 10.0. The maximum atomic E-state index is 11.9. The average molecular weight is 342 g/mol. The Kier molecular flexibility index (Phi) is 6.51. The molecule has 132 valence electrons. The maximum Gasteiger partial charge on any atom is 0.306 e. The minimum Gasteiger partial charge on any atom is -0.466 e. The van der Waals surface area contributed by atoms with E-state index >= 15 is 0 Å². The van der Waals surface area contributed by atoms with Crippen LogP contribution < -0.4 is 11.1 Å². The molecule has 2 amide bonds. The van der Waals surface area contributed by atoms with Crippen molar-refractivity contribution in [3.8, 4) is 0 Å². The fraction of sp³-hybridized carbons (Fsp3) is 0.316. The van der Waals surface area contributed by atoms with E-state index in [-0.39, 0.29) is 19.4 Å². The van der Waals surface area contributed by atoms with Gasteiger partial charge in [-0.2, -0.15) is 0 Å². The summed E-state index contributed by atoms with van der Waals surface area (Å²) in [7, 11) is 0. The number of fused-ring (bicyclic) bond motifs is 1. The molecule has 0 bridgehead atoms. The molecule has 6 heteroatoms. The van der Waals surface area contributed by atoms with Crippen LogP contribution in [0.3, 0.4) is 0 Å². The molecule has 0 aromatic heterocycles. The third kappa shape index (κ3) is 5.60. The molecule has 0 radical (unpaired) electrons. The molecule has 0 spiro atoms. The van der Waals surface area contributed by atoms with Crippen molar-refractivity contribution < 1.29 is 19.1 Å². The predicted molar refractivity (Wildman–Crippen MR) is 94.6 cm³/mol. The van der Waals surface area contributed by atoms with Gasteiger partial charge >= 0.3 is 5.97 Å². The zero-order chi connectivity index (χ0) is 18.2. The van der Waals surface area contributed by atoms with Gasteiger partial charge in [-0.25, -0.2) is 0 Å². The number of rotatable bonds is 8. The van der Waals surface area contributed by atoms with Gasteiger partial charge in [-0.15, -0.1) is 0 Å². The number of carbonyl (C=O) groups excluding carboxylic acids is 3. The molecule has 0 heterocycles. The molecule has 0 aliphatic rings. The van der Waals surface area contributed by atoms with E-state index in [2.05, 4.69) is 5.32 Å². The Hall–Kier alpha value is -2.89. The van der Waals surface area contributed by atoms with Crippen LogP contribution in [0.2, 0.25) is 0 Å². The Morgan fingerprint density at radius 3 is 2.48 bits per heavy atom. The highest BCUT2D eigenvalue weighted by Crippen LogP contribution is 2.16. The second kappa shape index (κ2) is 8.82. The Bertz CT molecular complexity index is 773. The van der Waals surface area contributed by atoms with Crippen LogP contribution in [0.4, 0.5) is 0 Å². The number of hydrogen-bond acceptors (Lipinski definition) is 4. The Labute approximate surface area is 146 Å². The van der Waals surface area contributed by atoms with Gasteiger partial charge < -0.3 is 15.8 Å². The van der Waals surface area contributed by atoms with Gasteiger partial charge in [0.1, 0.15) is 6.04 Å². The zero-order valence-corrected chi connectivity index (χ0v) is 14.2. The molecular weight excluding hydrogens is 320 g/mol. The van der Waals surface area contributed by atoms with E-state index < -0.39 is 23.8 Å².